The van der Waals surface area contributed by atoms with Crippen molar-refractivity contribution in [2.45, 2.75) is 24.8 Å². The summed E-state index contributed by atoms with van der Waals surface area (Å²) in [6.45, 7) is 2.47. The maximum atomic E-state index is 12.3. The van der Waals surface area contributed by atoms with Crippen LogP contribution < -0.4 is 10.0 Å². The molecule has 1 aromatic heterocycles. The molecule has 11 heteroatoms. The van der Waals surface area contributed by atoms with Crippen molar-refractivity contribution in [1.29, 1.82) is 0 Å². The maximum Gasteiger partial charge on any atom is 0.359 e. The van der Waals surface area contributed by atoms with Gasteiger partial charge in [-0.15, -0.1) is 0 Å². The number of carbonyl (C=O) groups excluding carboxylic acids is 3. The molecular weight excluding hydrogens is 424 g/mol. The highest BCUT2D eigenvalue weighted by atomic mass is 32.2. The summed E-state index contributed by atoms with van der Waals surface area (Å²) in [6.07, 6.45) is 0.118. The smallest absolute Gasteiger partial charge is 0.359 e. The number of nitrogens with zero attached hydrogens (tertiary/aromatic N) is 2. The fourth-order valence-corrected chi connectivity index (χ4v) is 3.53. The molecule has 0 saturated heterocycles. The van der Waals surface area contributed by atoms with E-state index in [2.05, 4.69) is 15.3 Å². The SMILES string of the molecule is CC(=O)NS(=O)(=O)c1ccc(NC(=O)C(C)OC(=O)c2cnc3ccccc3n2)cc1. The number of sulfonamides is 1. The minimum atomic E-state index is -3.98. The number of fused-ring (bicyclic) bond motifs is 1. The Bertz CT molecular complexity index is 1260. The first-order valence-electron chi connectivity index (χ1n) is 9.03. The van der Waals surface area contributed by atoms with Crippen LogP contribution in [0, 0.1) is 0 Å². The van der Waals surface area contributed by atoms with Crippen molar-refractivity contribution in [2.75, 3.05) is 5.32 Å². The largest absolute Gasteiger partial charge is 0.448 e. The summed E-state index contributed by atoms with van der Waals surface area (Å²) in [4.78, 5) is 43.7. The molecule has 0 aliphatic rings. The lowest BCUT2D eigenvalue weighted by Gasteiger charge is -2.13. The van der Waals surface area contributed by atoms with Gasteiger partial charge in [-0.25, -0.2) is 22.9 Å². The summed E-state index contributed by atoms with van der Waals surface area (Å²) >= 11 is 0. The van der Waals surface area contributed by atoms with Crippen molar-refractivity contribution in [1.82, 2.24) is 14.7 Å². The van der Waals surface area contributed by atoms with Gasteiger partial charge in [-0.3, -0.25) is 14.6 Å². The summed E-state index contributed by atoms with van der Waals surface area (Å²) in [5, 5.41) is 2.51. The van der Waals surface area contributed by atoms with Crippen molar-refractivity contribution < 1.29 is 27.5 Å². The van der Waals surface area contributed by atoms with Gasteiger partial charge >= 0.3 is 5.97 Å². The van der Waals surface area contributed by atoms with Crippen LogP contribution in [0.4, 0.5) is 5.69 Å². The van der Waals surface area contributed by atoms with E-state index in [4.69, 9.17) is 4.74 Å². The molecule has 0 saturated carbocycles. The quantitative estimate of drug-likeness (QED) is 0.548. The minimum Gasteiger partial charge on any atom is -0.448 e. The lowest BCUT2D eigenvalue weighted by molar-refractivity contribution is -0.123. The number of esters is 1. The standard InChI is InChI=1S/C20H18N4O6S/c1-12(30-20(27)18-11-21-16-5-3-4-6-17(16)23-18)19(26)22-14-7-9-15(10-8-14)31(28,29)24-13(2)25/h3-12H,1-2H3,(H,22,26)(H,24,25). The first-order valence-corrected chi connectivity index (χ1v) is 10.5. The highest BCUT2D eigenvalue weighted by Gasteiger charge is 2.21. The molecule has 0 spiro atoms. The number of carbonyl (C=O) groups is 3. The summed E-state index contributed by atoms with van der Waals surface area (Å²) < 4.78 is 30.9. The second-order valence-electron chi connectivity index (χ2n) is 6.47. The number of rotatable bonds is 6. The molecule has 2 aromatic carbocycles. The van der Waals surface area contributed by atoms with Crippen LogP contribution in [-0.2, 0) is 24.3 Å². The van der Waals surface area contributed by atoms with Gasteiger partial charge in [0, 0.05) is 12.6 Å². The van der Waals surface area contributed by atoms with Crippen LogP contribution in [0.25, 0.3) is 11.0 Å². The lowest BCUT2D eigenvalue weighted by Crippen LogP contribution is -2.30. The lowest BCUT2D eigenvalue weighted by atomic mass is 10.3. The minimum absolute atomic E-state index is 0.0362. The Kier molecular flexibility index (Phi) is 6.25. The van der Waals surface area contributed by atoms with Gasteiger partial charge in [-0.05, 0) is 43.3 Å². The Morgan fingerprint density at radius 2 is 1.65 bits per heavy atom. The zero-order chi connectivity index (χ0) is 22.6. The molecule has 3 aromatic rings. The van der Waals surface area contributed by atoms with E-state index < -0.39 is 33.9 Å². The maximum absolute atomic E-state index is 12.3. The number of hydrogen-bond acceptors (Lipinski definition) is 8. The van der Waals surface area contributed by atoms with E-state index in [0.717, 1.165) is 6.92 Å². The van der Waals surface area contributed by atoms with Gasteiger partial charge in [-0.1, -0.05) is 12.1 Å². The summed E-state index contributed by atoms with van der Waals surface area (Å²) in [6, 6.07) is 12.1. The van der Waals surface area contributed by atoms with Crippen molar-refractivity contribution in [3.63, 3.8) is 0 Å². The molecule has 0 radical (unpaired) electrons. The number of hydrogen-bond donors (Lipinski definition) is 2. The number of amides is 2. The van der Waals surface area contributed by atoms with Crippen LogP contribution in [0.3, 0.4) is 0 Å². The Morgan fingerprint density at radius 1 is 1.00 bits per heavy atom. The average molecular weight is 442 g/mol. The van der Waals surface area contributed by atoms with E-state index in [-0.39, 0.29) is 16.3 Å². The second-order valence-corrected chi connectivity index (χ2v) is 8.15. The van der Waals surface area contributed by atoms with Crippen molar-refractivity contribution in [3.05, 3.63) is 60.4 Å². The highest BCUT2D eigenvalue weighted by Crippen LogP contribution is 2.15. The molecule has 160 valence electrons. The van der Waals surface area contributed by atoms with E-state index in [1.165, 1.54) is 37.4 Å². The van der Waals surface area contributed by atoms with Crippen LogP contribution in [0.2, 0.25) is 0 Å². The van der Waals surface area contributed by atoms with Gasteiger partial charge in [-0.2, -0.15) is 0 Å². The molecular formula is C20H18N4O6S. The fraction of sp³-hybridized carbons (Fsp3) is 0.150. The number of para-hydroxylation sites is 2. The average Bonchev–Trinajstić information content (AvgIpc) is 2.72. The number of ether oxygens (including phenoxy) is 1. The van der Waals surface area contributed by atoms with E-state index in [9.17, 15) is 22.8 Å². The molecule has 31 heavy (non-hydrogen) atoms. The number of nitrogens with one attached hydrogen (secondary N) is 2. The predicted molar refractivity (Wildman–Crippen MR) is 110 cm³/mol. The zero-order valence-electron chi connectivity index (χ0n) is 16.5. The van der Waals surface area contributed by atoms with Crippen LogP contribution in [0.5, 0.6) is 0 Å². The van der Waals surface area contributed by atoms with Crippen LogP contribution >= 0.6 is 0 Å². The molecule has 1 atom stereocenters. The van der Waals surface area contributed by atoms with Crippen LogP contribution in [-0.4, -0.2) is 42.3 Å². The normalized spacial score (nSPS) is 12.1. The van der Waals surface area contributed by atoms with E-state index in [1.54, 1.807) is 24.3 Å². The fourth-order valence-electron chi connectivity index (χ4n) is 2.54. The molecule has 0 aliphatic carbocycles. The molecule has 2 amide bonds. The Morgan fingerprint density at radius 3 is 2.29 bits per heavy atom. The molecule has 10 nitrogen and oxygen atoms in total. The second kappa shape index (κ2) is 8.88. The van der Waals surface area contributed by atoms with Gasteiger partial charge in [0.05, 0.1) is 22.1 Å². The number of anilines is 1. The van der Waals surface area contributed by atoms with Crippen molar-refractivity contribution >= 4 is 44.5 Å². The van der Waals surface area contributed by atoms with E-state index >= 15 is 0 Å². The van der Waals surface area contributed by atoms with Crippen molar-refractivity contribution in [2.24, 2.45) is 0 Å². The van der Waals surface area contributed by atoms with Gasteiger partial charge in [0.1, 0.15) is 0 Å². The van der Waals surface area contributed by atoms with Gasteiger partial charge in [0.15, 0.2) is 11.8 Å². The van der Waals surface area contributed by atoms with E-state index in [0.29, 0.717) is 11.0 Å². The molecule has 1 heterocycles. The topological polar surface area (TPSA) is 144 Å². The highest BCUT2D eigenvalue weighted by molar-refractivity contribution is 7.90. The summed E-state index contributed by atoms with van der Waals surface area (Å²) in [5.41, 5.74) is 1.38. The van der Waals surface area contributed by atoms with Gasteiger partial charge in [0.25, 0.3) is 15.9 Å². The van der Waals surface area contributed by atoms with Gasteiger partial charge in [0.2, 0.25) is 5.91 Å². The molecule has 0 bridgehead atoms. The summed E-state index contributed by atoms with van der Waals surface area (Å²) in [5.74, 6) is -2.15. The molecule has 0 aliphatic heterocycles. The third-order valence-corrected chi connectivity index (χ3v) is 5.47. The third kappa shape index (κ3) is 5.39. The number of aromatic nitrogens is 2. The van der Waals surface area contributed by atoms with Crippen LogP contribution in [0.1, 0.15) is 24.3 Å². The third-order valence-electron chi connectivity index (χ3n) is 4.02. The molecule has 0 fully saturated rings. The first-order chi connectivity index (χ1) is 14.7. The Hall–Kier alpha value is -3.86. The van der Waals surface area contributed by atoms with E-state index in [1.807, 2.05) is 4.72 Å². The zero-order valence-corrected chi connectivity index (χ0v) is 17.3. The molecule has 2 N–H and O–H groups in total. The van der Waals surface area contributed by atoms with Gasteiger partial charge < -0.3 is 10.1 Å². The van der Waals surface area contributed by atoms with Crippen molar-refractivity contribution in [3.8, 4) is 0 Å². The summed E-state index contributed by atoms with van der Waals surface area (Å²) in [7, 11) is -3.98. The monoisotopic (exact) mass is 442 g/mol. The predicted octanol–water partition coefficient (Wildman–Crippen LogP) is 1.64. The Labute approximate surface area is 177 Å². The number of benzene rings is 2. The van der Waals surface area contributed by atoms with Crippen LogP contribution in [0.15, 0.2) is 59.6 Å². The molecule has 3 rings (SSSR count). The first kappa shape index (κ1) is 21.8. The Balaban J connectivity index is 1.63. The molecule has 1 unspecified atom stereocenters.